The minimum Gasteiger partial charge on any atom is -0.247 e. The second-order valence-electron chi connectivity index (χ2n) is 7.12. The van der Waals surface area contributed by atoms with Crippen LogP contribution in [-0.4, -0.2) is 33.1 Å². The SMILES string of the molecule is CC(C)c1ccccc1-c1cc(S(C)(=O)=O)nc(NS(=O)(=O)c2cccc(N=O)c2)n1. The van der Waals surface area contributed by atoms with Crippen LogP contribution in [0.3, 0.4) is 0 Å². The maximum absolute atomic E-state index is 12.8. The first kappa shape index (κ1) is 22.5. The quantitative estimate of drug-likeness (QED) is 0.417. The number of anilines is 1. The Kier molecular flexibility index (Phi) is 6.18. The van der Waals surface area contributed by atoms with Crippen LogP contribution >= 0.6 is 0 Å². The summed E-state index contributed by atoms with van der Waals surface area (Å²) in [6, 6.07) is 13.7. The normalized spacial score (nSPS) is 12.0. The summed E-state index contributed by atoms with van der Waals surface area (Å²) in [5, 5.41) is 2.40. The molecule has 9 nitrogen and oxygen atoms in total. The average molecular weight is 461 g/mol. The third-order valence-corrected chi connectivity index (χ3v) is 6.70. The van der Waals surface area contributed by atoms with Gasteiger partial charge in [-0.25, -0.2) is 31.5 Å². The Morgan fingerprint density at radius 1 is 0.935 bits per heavy atom. The topological polar surface area (TPSA) is 136 Å². The van der Waals surface area contributed by atoms with Crippen molar-refractivity contribution in [3.63, 3.8) is 0 Å². The number of hydrogen-bond acceptors (Lipinski definition) is 8. The van der Waals surface area contributed by atoms with Crippen molar-refractivity contribution < 1.29 is 16.8 Å². The second kappa shape index (κ2) is 8.52. The maximum atomic E-state index is 12.8. The fourth-order valence-electron chi connectivity index (χ4n) is 2.92. The van der Waals surface area contributed by atoms with Gasteiger partial charge < -0.3 is 0 Å². The van der Waals surface area contributed by atoms with Gasteiger partial charge in [0.2, 0.25) is 5.95 Å². The van der Waals surface area contributed by atoms with Crippen molar-refractivity contribution in [2.75, 3.05) is 11.0 Å². The van der Waals surface area contributed by atoms with Gasteiger partial charge in [-0.1, -0.05) is 44.2 Å². The molecule has 2 aromatic carbocycles. The summed E-state index contributed by atoms with van der Waals surface area (Å²) in [5.41, 5.74) is 1.78. The molecular weight excluding hydrogens is 440 g/mol. The lowest BCUT2D eigenvalue weighted by Gasteiger charge is -2.14. The molecule has 0 amide bonds. The van der Waals surface area contributed by atoms with Crippen molar-refractivity contribution in [3.8, 4) is 11.3 Å². The Hall–Kier alpha value is -3.18. The van der Waals surface area contributed by atoms with E-state index in [1.807, 2.05) is 26.0 Å². The highest BCUT2D eigenvalue weighted by Gasteiger charge is 2.21. The van der Waals surface area contributed by atoms with Crippen molar-refractivity contribution in [1.29, 1.82) is 0 Å². The minimum absolute atomic E-state index is 0.0692. The van der Waals surface area contributed by atoms with Gasteiger partial charge in [0, 0.05) is 17.9 Å². The van der Waals surface area contributed by atoms with E-state index in [4.69, 9.17) is 0 Å². The third kappa shape index (κ3) is 5.12. The predicted octanol–water partition coefficient (Wildman–Crippen LogP) is 3.87. The average Bonchev–Trinajstić information content (AvgIpc) is 2.72. The molecule has 0 fully saturated rings. The molecule has 0 saturated heterocycles. The highest BCUT2D eigenvalue weighted by atomic mass is 32.2. The molecule has 162 valence electrons. The van der Waals surface area contributed by atoms with E-state index in [2.05, 4.69) is 19.9 Å². The van der Waals surface area contributed by atoms with E-state index in [9.17, 15) is 21.7 Å². The van der Waals surface area contributed by atoms with E-state index in [0.717, 1.165) is 17.9 Å². The number of benzene rings is 2. The first-order valence-electron chi connectivity index (χ1n) is 9.16. The highest BCUT2D eigenvalue weighted by Crippen LogP contribution is 2.30. The molecule has 0 aliphatic carbocycles. The van der Waals surface area contributed by atoms with Crippen LogP contribution in [0.2, 0.25) is 0 Å². The van der Waals surface area contributed by atoms with Gasteiger partial charge >= 0.3 is 0 Å². The van der Waals surface area contributed by atoms with Gasteiger partial charge in [-0.15, -0.1) is 4.91 Å². The van der Waals surface area contributed by atoms with E-state index in [1.165, 1.54) is 24.3 Å². The fraction of sp³-hybridized carbons (Fsp3) is 0.200. The van der Waals surface area contributed by atoms with Gasteiger partial charge in [-0.3, -0.25) is 0 Å². The monoisotopic (exact) mass is 460 g/mol. The zero-order valence-corrected chi connectivity index (χ0v) is 18.6. The zero-order chi connectivity index (χ0) is 22.8. The van der Waals surface area contributed by atoms with E-state index < -0.39 is 25.8 Å². The van der Waals surface area contributed by atoms with E-state index in [-0.39, 0.29) is 27.2 Å². The molecule has 0 saturated carbocycles. The van der Waals surface area contributed by atoms with Crippen LogP contribution in [0.1, 0.15) is 25.3 Å². The molecule has 0 bridgehead atoms. The summed E-state index contributed by atoms with van der Waals surface area (Å²) in [6.45, 7) is 3.96. The van der Waals surface area contributed by atoms with Crippen LogP contribution in [0.5, 0.6) is 0 Å². The van der Waals surface area contributed by atoms with Gasteiger partial charge in [0.15, 0.2) is 14.9 Å². The van der Waals surface area contributed by atoms with Gasteiger partial charge in [-0.05, 0) is 34.9 Å². The van der Waals surface area contributed by atoms with Crippen LogP contribution in [0, 0.1) is 4.91 Å². The number of hydrogen-bond donors (Lipinski definition) is 1. The molecule has 3 aromatic rings. The summed E-state index contributed by atoms with van der Waals surface area (Å²) < 4.78 is 52.1. The van der Waals surface area contributed by atoms with Gasteiger partial charge in [0.05, 0.1) is 10.6 Å². The Morgan fingerprint density at radius 2 is 1.65 bits per heavy atom. The lowest BCUT2D eigenvalue weighted by atomic mass is 9.95. The summed E-state index contributed by atoms with van der Waals surface area (Å²) in [6.07, 6.45) is 0.977. The van der Waals surface area contributed by atoms with Crippen molar-refractivity contribution in [3.05, 3.63) is 65.1 Å². The molecule has 1 heterocycles. The molecule has 1 aromatic heterocycles. The van der Waals surface area contributed by atoms with Crippen LogP contribution in [0.25, 0.3) is 11.3 Å². The van der Waals surface area contributed by atoms with Crippen molar-refractivity contribution in [2.45, 2.75) is 29.7 Å². The molecule has 0 radical (unpaired) electrons. The van der Waals surface area contributed by atoms with E-state index >= 15 is 0 Å². The summed E-state index contributed by atoms with van der Waals surface area (Å²) in [4.78, 5) is 18.6. The molecule has 1 N–H and O–H groups in total. The zero-order valence-electron chi connectivity index (χ0n) is 17.0. The Bertz CT molecular complexity index is 1350. The first-order chi connectivity index (χ1) is 14.5. The number of nitrogens with zero attached hydrogens (tertiary/aromatic N) is 3. The molecule has 0 aliphatic rings. The van der Waals surface area contributed by atoms with Gasteiger partial charge in [0.1, 0.15) is 5.69 Å². The second-order valence-corrected chi connectivity index (χ2v) is 10.8. The van der Waals surface area contributed by atoms with Gasteiger partial charge in [0.25, 0.3) is 10.0 Å². The Morgan fingerprint density at radius 3 is 2.29 bits per heavy atom. The summed E-state index contributed by atoms with van der Waals surface area (Å²) in [5.74, 6) is -0.285. The van der Waals surface area contributed by atoms with E-state index in [0.29, 0.717) is 5.56 Å². The number of rotatable bonds is 7. The minimum atomic E-state index is -4.20. The molecule has 0 aliphatic heterocycles. The lowest BCUT2D eigenvalue weighted by Crippen LogP contribution is -2.16. The van der Waals surface area contributed by atoms with Crippen LogP contribution in [0.4, 0.5) is 11.6 Å². The van der Waals surface area contributed by atoms with Crippen molar-refractivity contribution in [1.82, 2.24) is 9.97 Å². The highest BCUT2D eigenvalue weighted by molar-refractivity contribution is 7.92. The molecule has 11 heteroatoms. The van der Waals surface area contributed by atoms with Crippen molar-refractivity contribution in [2.24, 2.45) is 5.18 Å². The maximum Gasteiger partial charge on any atom is 0.264 e. The largest absolute Gasteiger partial charge is 0.264 e. The molecular formula is C20H20N4O5S2. The number of sulfone groups is 1. The molecule has 31 heavy (non-hydrogen) atoms. The standard InChI is InChI=1S/C20H20N4O5S2/c1-13(2)16-9-4-5-10-17(16)18-12-19(30(3,26)27)22-20(21-18)24-31(28,29)15-8-6-7-14(11-15)23-25/h4-13H,1-3H3,(H,21,22,24). The molecule has 3 rings (SSSR count). The van der Waals surface area contributed by atoms with Gasteiger partial charge in [-0.2, -0.15) is 0 Å². The van der Waals surface area contributed by atoms with Crippen LogP contribution in [0.15, 0.2) is 69.7 Å². The number of sulfonamides is 1. The molecule has 0 unspecified atom stereocenters. The lowest BCUT2D eigenvalue weighted by molar-refractivity contribution is 0.595. The number of nitroso groups, excluding NO2 is 1. The Labute approximate surface area is 180 Å². The molecule has 0 spiro atoms. The Balaban J connectivity index is 2.15. The summed E-state index contributed by atoms with van der Waals surface area (Å²) in [7, 11) is -7.96. The first-order valence-corrected chi connectivity index (χ1v) is 12.5. The summed E-state index contributed by atoms with van der Waals surface area (Å²) >= 11 is 0. The third-order valence-electron chi connectivity index (χ3n) is 4.40. The number of aromatic nitrogens is 2. The predicted molar refractivity (Wildman–Crippen MR) is 117 cm³/mol. The van der Waals surface area contributed by atoms with Crippen LogP contribution < -0.4 is 4.72 Å². The van der Waals surface area contributed by atoms with Crippen molar-refractivity contribution >= 4 is 31.5 Å². The number of nitrogens with one attached hydrogen (secondary N) is 1. The fourth-order valence-corrected chi connectivity index (χ4v) is 4.48. The molecule has 0 atom stereocenters. The smallest absolute Gasteiger partial charge is 0.247 e. The van der Waals surface area contributed by atoms with Crippen LogP contribution in [-0.2, 0) is 19.9 Å². The van der Waals surface area contributed by atoms with E-state index in [1.54, 1.807) is 12.1 Å².